The van der Waals surface area contributed by atoms with Gasteiger partial charge < -0.3 is 10.4 Å². The average molecular weight is 298 g/mol. The summed E-state index contributed by atoms with van der Waals surface area (Å²) in [6.45, 7) is 0.645. The van der Waals surface area contributed by atoms with E-state index in [0.29, 0.717) is 18.5 Å². The number of aromatic carboxylic acids is 1. The molecule has 21 heavy (non-hydrogen) atoms. The second-order valence-corrected chi connectivity index (χ2v) is 5.58. The van der Waals surface area contributed by atoms with Crippen molar-refractivity contribution < 1.29 is 9.90 Å². The third kappa shape index (κ3) is 2.87. The molecule has 2 aromatic heterocycles. The lowest BCUT2D eigenvalue weighted by Crippen LogP contribution is -2.10. The number of nitrogens with zero attached hydrogens (tertiary/aromatic N) is 1. The van der Waals surface area contributed by atoms with E-state index in [9.17, 15) is 4.79 Å². The van der Waals surface area contributed by atoms with E-state index in [4.69, 9.17) is 5.11 Å². The molecule has 0 aliphatic heterocycles. The van der Waals surface area contributed by atoms with E-state index in [0.717, 1.165) is 16.8 Å². The van der Waals surface area contributed by atoms with Crippen LogP contribution in [0, 0.1) is 0 Å². The number of hydrogen-bond donors (Lipinski definition) is 2. The van der Waals surface area contributed by atoms with Crippen LogP contribution in [0.25, 0.3) is 10.1 Å². The molecule has 0 saturated heterocycles. The van der Waals surface area contributed by atoms with Crippen molar-refractivity contribution in [3.63, 3.8) is 0 Å². The Bertz CT molecular complexity index is 783. The van der Waals surface area contributed by atoms with Crippen molar-refractivity contribution in [1.29, 1.82) is 0 Å². The maximum absolute atomic E-state index is 11.2. The highest BCUT2D eigenvalue weighted by molar-refractivity contribution is 7.17. The maximum atomic E-state index is 11.2. The smallest absolute Gasteiger partial charge is 0.335 e. The quantitative estimate of drug-likeness (QED) is 0.754. The third-order valence-corrected chi connectivity index (χ3v) is 4.20. The van der Waals surface area contributed by atoms with Crippen LogP contribution in [0.2, 0.25) is 0 Å². The lowest BCUT2D eigenvalue weighted by molar-refractivity contribution is 0.0695. The molecule has 0 atom stereocenters. The van der Waals surface area contributed by atoms with Gasteiger partial charge in [0.25, 0.3) is 0 Å². The van der Waals surface area contributed by atoms with Crippen LogP contribution in [0.4, 0.5) is 5.82 Å². The zero-order chi connectivity index (χ0) is 14.7. The van der Waals surface area contributed by atoms with Gasteiger partial charge in [0.2, 0.25) is 0 Å². The Morgan fingerprint density at radius 2 is 2.10 bits per heavy atom. The summed E-state index contributed by atoms with van der Waals surface area (Å²) in [6.07, 6.45) is 2.43. The Morgan fingerprint density at radius 3 is 2.95 bits per heavy atom. The second kappa shape index (κ2) is 5.93. The van der Waals surface area contributed by atoms with Crippen LogP contribution >= 0.6 is 11.3 Å². The second-order valence-electron chi connectivity index (χ2n) is 4.63. The molecule has 1 aromatic carbocycles. The summed E-state index contributed by atoms with van der Waals surface area (Å²) in [7, 11) is 0. The molecule has 2 N–H and O–H groups in total. The SMILES string of the molecule is O=C(O)c1ccccc1CCNc1nccc2sccc12. The van der Waals surface area contributed by atoms with Crippen LogP contribution in [0.15, 0.2) is 48.0 Å². The van der Waals surface area contributed by atoms with Crippen molar-refractivity contribution in [1.82, 2.24) is 4.98 Å². The van der Waals surface area contributed by atoms with Crippen molar-refractivity contribution in [2.45, 2.75) is 6.42 Å². The van der Waals surface area contributed by atoms with Gasteiger partial charge in [0.1, 0.15) is 5.82 Å². The fourth-order valence-electron chi connectivity index (χ4n) is 2.30. The van der Waals surface area contributed by atoms with Gasteiger partial charge in [0.05, 0.1) is 5.56 Å². The highest BCUT2D eigenvalue weighted by Crippen LogP contribution is 2.25. The van der Waals surface area contributed by atoms with E-state index in [1.807, 2.05) is 29.6 Å². The molecule has 5 heteroatoms. The van der Waals surface area contributed by atoms with Gasteiger partial charge in [0, 0.05) is 22.8 Å². The number of hydrogen-bond acceptors (Lipinski definition) is 4. The molecule has 0 aliphatic rings. The zero-order valence-corrected chi connectivity index (χ0v) is 12.1. The van der Waals surface area contributed by atoms with Crippen molar-refractivity contribution in [3.8, 4) is 0 Å². The topological polar surface area (TPSA) is 62.2 Å². The largest absolute Gasteiger partial charge is 0.478 e. The van der Waals surface area contributed by atoms with Gasteiger partial charge in [-0.3, -0.25) is 0 Å². The fraction of sp³-hybridized carbons (Fsp3) is 0.125. The Morgan fingerprint density at radius 1 is 1.24 bits per heavy atom. The van der Waals surface area contributed by atoms with Crippen molar-refractivity contribution in [3.05, 3.63) is 59.1 Å². The lowest BCUT2D eigenvalue weighted by Gasteiger charge is -2.08. The number of anilines is 1. The fourth-order valence-corrected chi connectivity index (χ4v) is 3.08. The highest BCUT2D eigenvalue weighted by atomic mass is 32.1. The predicted molar refractivity (Wildman–Crippen MR) is 85.2 cm³/mol. The molecule has 0 aliphatic carbocycles. The first-order valence-corrected chi connectivity index (χ1v) is 7.51. The molecule has 3 aromatic rings. The monoisotopic (exact) mass is 298 g/mol. The molecule has 3 rings (SSSR count). The zero-order valence-electron chi connectivity index (χ0n) is 11.2. The normalized spacial score (nSPS) is 10.7. The molecule has 0 amide bonds. The first-order chi connectivity index (χ1) is 10.3. The third-order valence-electron chi connectivity index (χ3n) is 3.31. The Kier molecular flexibility index (Phi) is 3.83. The van der Waals surface area contributed by atoms with Gasteiger partial charge in [-0.2, -0.15) is 0 Å². The molecule has 0 bridgehead atoms. The summed E-state index contributed by atoms with van der Waals surface area (Å²) in [5.74, 6) is -0.0368. The van der Waals surface area contributed by atoms with E-state index in [1.165, 1.54) is 4.70 Å². The lowest BCUT2D eigenvalue weighted by atomic mass is 10.0. The van der Waals surface area contributed by atoms with Crippen LogP contribution in [0.3, 0.4) is 0 Å². The van der Waals surface area contributed by atoms with E-state index in [-0.39, 0.29) is 0 Å². The standard InChI is InChI=1S/C16H14N2O2S/c19-16(20)12-4-2-1-3-11(12)5-8-17-15-13-7-10-21-14(13)6-9-18-15/h1-4,6-7,9-10H,5,8H2,(H,17,18)(H,19,20). The van der Waals surface area contributed by atoms with E-state index in [2.05, 4.69) is 10.3 Å². The van der Waals surface area contributed by atoms with Crippen LogP contribution in [0.1, 0.15) is 15.9 Å². The molecular formula is C16H14N2O2S. The number of rotatable bonds is 5. The van der Waals surface area contributed by atoms with Crippen LogP contribution < -0.4 is 5.32 Å². The highest BCUT2D eigenvalue weighted by Gasteiger charge is 2.09. The Hall–Kier alpha value is -2.40. The summed E-state index contributed by atoms with van der Waals surface area (Å²) in [4.78, 5) is 15.5. The minimum Gasteiger partial charge on any atom is -0.478 e. The summed E-state index contributed by atoms with van der Waals surface area (Å²) >= 11 is 1.68. The van der Waals surface area contributed by atoms with Gasteiger partial charge >= 0.3 is 5.97 Å². The predicted octanol–water partition coefficient (Wildman–Crippen LogP) is 3.65. The average Bonchev–Trinajstić information content (AvgIpc) is 2.97. The minimum atomic E-state index is -0.885. The molecule has 0 unspecified atom stereocenters. The van der Waals surface area contributed by atoms with Crippen LogP contribution in [-0.4, -0.2) is 22.6 Å². The number of fused-ring (bicyclic) bond motifs is 1. The summed E-state index contributed by atoms with van der Waals surface area (Å²) in [5.41, 5.74) is 1.19. The summed E-state index contributed by atoms with van der Waals surface area (Å²) in [6, 6.07) is 11.1. The van der Waals surface area contributed by atoms with Gasteiger partial charge in [-0.1, -0.05) is 18.2 Å². The Balaban J connectivity index is 1.72. The molecule has 0 saturated carbocycles. The van der Waals surface area contributed by atoms with Crippen molar-refractivity contribution in [2.24, 2.45) is 0 Å². The van der Waals surface area contributed by atoms with E-state index < -0.39 is 5.97 Å². The first kappa shape index (κ1) is 13.6. The van der Waals surface area contributed by atoms with Crippen LogP contribution in [0.5, 0.6) is 0 Å². The minimum absolute atomic E-state index is 0.362. The van der Waals surface area contributed by atoms with Gasteiger partial charge in [0.15, 0.2) is 0 Å². The van der Waals surface area contributed by atoms with Gasteiger partial charge in [-0.25, -0.2) is 9.78 Å². The number of carboxylic acids is 1. The number of benzene rings is 1. The number of carboxylic acid groups (broad SMARTS) is 1. The Labute approximate surface area is 126 Å². The van der Waals surface area contributed by atoms with E-state index >= 15 is 0 Å². The number of thiophene rings is 1. The van der Waals surface area contributed by atoms with Crippen molar-refractivity contribution >= 4 is 33.2 Å². The molecule has 2 heterocycles. The number of nitrogens with one attached hydrogen (secondary N) is 1. The first-order valence-electron chi connectivity index (χ1n) is 6.63. The van der Waals surface area contributed by atoms with Crippen molar-refractivity contribution in [2.75, 3.05) is 11.9 Å². The van der Waals surface area contributed by atoms with Gasteiger partial charge in [-0.05, 0) is 35.6 Å². The maximum Gasteiger partial charge on any atom is 0.335 e. The number of aromatic nitrogens is 1. The molecule has 0 fully saturated rings. The number of carbonyl (C=O) groups is 1. The molecule has 0 spiro atoms. The molecule has 106 valence electrons. The summed E-state index contributed by atoms with van der Waals surface area (Å²) < 4.78 is 1.19. The molecule has 0 radical (unpaired) electrons. The molecule has 4 nitrogen and oxygen atoms in total. The summed E-state index contributed by atoms with van der Waals surface area (Å²) in [5, 5.41) is 15.6. The van der Waals surface area contributed by atoms with Crippen LogP contribution in [-0.2, 0) is 6.42 Å². The van der Waals surface area contributed by atoms with E-state index in [1.54, 1.807) is 29.7 Å². The van der Waals surface area contributed by atoms with Gasteiger partial charge in [-0.15, -0.1) is 11.3 Å². The number of pyridine rings is 1. The molecular weight excluding hydrogens is 284 g/mol.